The summed E-state index contributed by atoms with van der Waals surface area (Å²) >= 11 is 2.00. The number of aliphatic hydroxyl groups is 1. The van der Waals surface area contributed by atoms with E-state index in [4.69, 9.17) is 11.1 Å². The number of pyridine rings is 1. The number of aliphatic hydroxyl groups excluding tert-OH is 1. The number of nitrogens with one attached hydrogen (secondary N) is 1. The molecule has 2 fully saturated rings. The second-order valence-corrected chi connectivity index (χ2v) is 9.39. The van der Waals surface area contributed by atoms with Crippen molar-refractivity contribution in [2.24, 2.45) is 8.62 Å². The van der Waals surface area contributed by atoms with Crippen LogP contribution >= 0.6 is 22.9 Å². The van der Waals surface area contributed by atoms with E-state index in [0.29, 0.717) is 35.9 Å². The van der Waals surface area contributed by atoms with Gasteiger partial charge in [-0.1, -0.05) is 0 Å². The van der Waals surface area contributed by atoms with Crippen LogP contribution in [0.25, 0.3) is 0 Å². The fraction of sp³-hybridized carbons (Fsp3) is 0.500. The van der Waals surface area contributed by atoms with Gasteiger partial charge in [-0.3, -0.25) is 4.98 Å². The summed E-state index contributed by atoms with van der Waals surface area (Å²) in [5.41, 5.74) is 9.63. The summed E-state index contributed by atoms with van der Waals surface area (Å²) in [6, 6.07) is 3.99. The summed E-state index contributed by atoms with van der Waals surface area (Å²) in [5.74, 6) is 1.81. The molecule has 0 bridgehead atoms. The van der Waals surface area contributed by atoms with Crippen LogP contribution in [0.5, 0.6) is 0 Å². The van der Waals surface area contributed by atoms with Crippen molar-refractivity contribution in [3.8, 4) is 0 Å². The van der Waals surface area contributed by atoms with E-state index in [1.807, 2.05) is 35.1 Å². The first-order valence-electron chi connectivity index (χ1n) is 11.0. The van der Waals surface area contributed by atoms with Gasteiger partial charge in [0.15, 0.2) is 11.7 Å². The third kappa shape index (κ3) is 3.72. The average molecular weight is 546 g/mol. The molecule has 0 radical (unpaired) electrons. The Morgan fingerprint density at radius 1 is 1.28 bits per heavy atom. The molecule has 1 aliphatic carbocycles. The molecule has 0 aromatic carbocycles. The van der Waals surface area contributed by atoms with Crippen LogP contribution in [-0.4, -0.2) is 57.3 Å². The molecule has 9 nitrogen and oxygen atoms in total. The van der Waals surface area contributed by atoms with Crippen LogP contribution in [-0.2, 0) is 6.42 Å². The predicted octanol–water partition coefficient (Wildman–Crippen LogP) is 2.76. The normalized spacial score (nSPS) is 23.0. The molecule has 1 spiro atoms. The average Bonchev–Trinajstić information content (AvgIpc) is 3.08. The largest absolute Gasteiger partial charge is 0.393 e. The number of aromatic nitrogens is 3. The zero-order chi connectivity index (χ0) is 22.3. The van der Waals surface area contributed by atoms with Gasteiger partial charge in [0.2, 0.25) is 0 Å². The van der Waals surface area contributed by atoms with Crippen molar-refractivity contribution in [1.29, 1.82) is 5.41 Å². The van der Waals surface area contributed by atoms with Gasteiger partial charge in [-0.25, -0.2) is 9.97 Å². The fourth-order valence-electron chi connectivity index (χ4n) is 5.31. The molecule has 1 saturated heterocycles. The third-order valence-electron chi connectivity index (χ3n) is 7.04. The highest BCUT2D eigenvalue weighted by atomic mass is 127. The Balaban J connectivity index is 1.36. The summed E-state index contributed by atoms with van der Waals surface area (Å²) < 4.78 is 4.49. The van der Waals surface area contributed by atoms with E-state index in [1.165, 1.54) is 0 Å². The number of halogens is 1. The molecule has 2 aliphatic heterocycles. The standard InChI is InChI=1S/C22H27IN8O/c23-29-21(31-8-2-3-15-16(31)4-1-7-26-15)19-20(25)28-18(13-27-19)30-9-5-22(6-10-30)12-14(32)11-17(22)24/h1,4,7,13-14,24,32H,2-3,5-6,8-12H2,(H2,25,28)/b24-17?,29-21+/t14-/m0/s1. The first-order valence-corrected chi connectivity index (χ1v) is 12.0. The fourth-order valence-corrected chi connectivity index (χ4v) is 5.80. The summed E-state index contributed by atoms with van der Waals surface area (Å²) in [5, 5.41) is 18.3. The molecule has 4 N–H and O–H groups in total. The van der Waals surface area contributed by atoms with Gasteiger partial charge in [-0.2, -0.15) is 3.21 Å². The zero-order valence-corrected chi connectivity index (χ0v) is 20.0. The first-order chi connectivity index (χ1) is 15.5. The molecule has 1 atom stereocenters. The number of anilines is 3. The van der Waals surface area contributed by atoms with Gasteiger partial charge in [-0.05, 0) is 44.2 Å². The number of aryl methyl sites for hydroxylation is 1. The highest BCUT2D eigenvalue weighted by Crippen LogP contribution is 2.44. The summed E-state index contributed by atoms with van der Waals surface area (Å²) in [7, 11) is 0. The maximum Gasteiger partial charge on any atom is 0.169 e. The van der Waals surface area contributed by atoms with Gasteiger partial charge in [0.1, 0.15) is 11.5 Å². The van der Waals surface area contributed by atoms with Crippen LogP contribution < -0.4 is 15.5 Å². The molecule has 32 heavy (non-hydrogen) atoms. The van der Waals surface area contributed by atoms with E-state index in [2.05, 4.69) is 34.0 Å². The summed E-state index contributed by atoms with van der Waals surface area (Å²) in [6.45, 7) is 2.39. The molecule has 3 aliphatic rings. The molecule has 1 saturated carbocycles. The molecule has 4 heterocycles. The molecule has 2 aromatic rings. The van der Waals surface area contributed by atoms with Crippen LogP contribution in [0, 0.1) is 10.8 Å². The Morgan fingerprint density at radius 3 is 2.78 bits per heavy atom. The van der Waals surface area contributed by atoms with Crippen molar-refractivity contribution in [1.82, 2.24) is 15.0 Å². The van der Waals surface area contributed by atoms with Crippen molar-refractivity contribution in [3.05, 3.63) is 35.9 Å². The maximum absolute atomic E-state index is 10.00. The van der Waals surface area contributed by atoms with Crippen molar-refractivity contribution >= 4 is 51.7 Å². The number of piperidine rings is 1. The number of nitrogen functional groups attached to an aromatic ring is 1. The highest BCUT2D eigenvalue weighted by Gasteiger charge is 2.45. The lowest BCUT2D eigenvalue weighted by atomic mass is 9.76. The first kappa shape index (κ1) is 21.5. The topological polar surface area (TPSA) is 128 Å². The van der Waals surface area contributed by atoms with Crippen LogP contribution in [0.3, 0.4) is 0 Å². The maximum atomic E-state index is 10.00. The van der Waals surface area contributed by atoms with E-state index < -0.39 is 0 Å². The van der Waals surface area contributed by atoms with Crippen LogP contribution in [0.4, 0.5) is 17.3 Å². The van der Waals surface area contributed by atoms with Crippen molar-refractivity contribution in [2.45, 2.75) is 44.6 Å². The number of rotatable bonds is 2. The van der Waals surface area contributed by atoms with Gasteiger partial charge < -0.3 is 26.0 Å². The number of fused-ring (bicyclic) bond motifs is 1. The number of hydrogen-bond acceptors (Lipinski definition) is 8. The van der Waals surface area contributed by atoms with Crippen LogP contribution in [0.2, 0.25) is 0 Å². The monoisotopic (exact) mass is 546 g/mol. The quantitative estimate of drug-likeness (QED) is 0.300. The lowest BCUT2D eigenvalue weighted by Crippen LogP contribution is -2.42. The lowest BCUT2D eigenvalue weighted by Gasteiger charge is -2.40. The van der Waals surface area contributed by atoms with Crippen molar-refractivity contribution in [3.63, 3.8) is 0 Å². The van der Waals surface area contributed by atoms with Gasteiger partial charge in [0, 0.05) is 43.4 Å². The third-order valence-corrected chi connectivity index (χ3v) is 7.49. The van der Waals surface area contributed by atoms with E-state index in [1.54, 1.807) is 6.20 Å². The number of amidine groups is 1. The van der Waals surface area contributed by atoms with E-state index in [9.17, 15) is 5.11 Å². The highest BCUT2D eigenvalue weighted by molar-refractivity contribution is 14.1. The Hall–Kier alpha value is -2.34. The van der Waals surface area contributed by atoms with Gasteiger partial charge in [0.05, 0.1) is 46.5 Å². The predicted molar refractivity (Wildman–Crippen MR) is 134 cm³/mol. The zero-order valence-electron chi connectivity index (χ0n) is 17.8. The molecule has 0 unspecified atom stereocenters. The van der Waals surface area contributed by atoms with Crippen LogP contribution in [0.1, 0.15) is 43.5 Å². The van der Waals surface area contributed by atoms with Gasteiger partial charge >= 0.3 is 0 Å². The number of nitrogens with zero attached hydrogens (tertiary/aromatic N) is 6. The van der Waals surface area contributed by atoms with Crippen molar-refractivity contribution in [2.75, 3.05) is 35.2 Å². The Kier molecular flexibility index (Phi) is 5.74. The summed E-state index contributed by atoms with van der Waals surface area (Å²) in [4.78, 5) is 18.2. The minimum Gasteiger partial charge on any atom is -0.393 e. The van der Waals surface area contributed by atoms with E-state index in [-0.39, 0.29) is 11.5 Å². The molecule has 10 heteroatoms. The SMILES string of the molecule is N=C1C[C@H](O)CC12CCN(c1cnc(/C(=N\I)N3CCCc4ncccc43)c(N)n1)CC2. The van der Waals surface area contributed by atoms with E-state index in [0.717, 1.165) is 62.5 Å². The van der Waals surface area contributed by atoms with Gasteiger partial charge in [0.25, 0.3) is 0 Å². The Labute approximate surface area is 201 Å². The Bertz CT molecular complexity index is 1070. The van der Waals surface area contributed by atoms with E-state index >= 15 is 0 Å². The second-order valence-electron chi connectivity index (χ2n) is 8.90. The molecular formula is C22H27IN8O. The van der Waals surface area contributed by atoms with Crippen LogP contribution in [0.15, 0.2) is 27.7 Å². The summed E-state index contributed by atoms with van der Waals surface area (Å²) in [6.07, 6.45) is 8.08. The smallest absolute Gasteiger partial charge is 0.169 e. The minimum absolute atomic E-state index is 0.147. The van der Waals surface area contributed by atoms with Crippen molar-refractivity contribution < 1.29 is 5.11 Å². The minimum atomic E-state index is -0.370. The molecule has 168 valence electrons. The number of nitrogens with two attached hydrogens (primary N) is 1. The number of hydrogen-bond donors (Lipinski definition) is 3. The molecular weight excluding hydrogens is 519 g/mol. The molecule has 0 amide bonds. The Morgan fingerprint density at radius 2 is 2.09 bits per heavy atom. The second kappa shape index (κ2) is 8.54. The lowest BCUT2D eigenvalue weighted by molar-refractivity contribution is 0.150. The molecule has 5 rings (SSSR count). The molecule has 2 aromatic heterocycles. The van der Waals surface area contributed by atoms with Gasteiger partial charge in [-0.15, -0.1) is 0 Å².